The smallest absolute Gasteiger partial charge is 0.324 e. The number of hydrogen-bond donors (Lipinski definition) is 3. The zero-order chi connectivity index (χ0) is 30.1. The molecular weight excluding hydrogens is 587 g/mol. The average Bonchev–Trinajstić information content (AvgIpc) is 2.98. The summed E-state index contributed by atoms with van der Waals surface area (Å²) in [4.78, 5) is 38.9. The molecule has 0 bridgehead atoms. The molecule has 0 radical (unpaired) electrons. The van der Waals surface area contributed by atoms with Crippen LogP contribution in [0.25, 0.3) is 6.08 Å². The minimum atomic E-state index is -4.57. The van der Waals surface area contributed by atoms with Gasteiger partial charge in [-0.25, -0.2) is 0 Å². The fourth-order valence-corrected chi connectivity index (χ4v) is 4.49. The molecule has 0 atom stereocenters. The van der Waals surface area contributed by atoms with Crippen molar-refractivity contribution in [1.29, 1.82) is 0 Å². The van der Waals surface area contributed by atoms with E-state index in [-0.39, 0.29) is 22.2 Å². The molecule has 3 N–H and O–H groups in total. The van der Waals surface area contributed by atoms with E-state index in [9.17, 15) is 27.6 Å². The number of benzene rings is 4. The Morgan fingerprint density at radius 2 is 1.45 bits per heavy atom. The molecule has 4 aromatic carbocycles. The van der Waals surface area contributed by atoms with E-state index in [0.29, 0.717) is 21.7 Å². The molecule has 0 aromatic heterocycles. The maximum absolute atomic E-state index is 13.1. The van der Waals surface area contributed by atoms with Crippen molar-refractivity contribution in [3.05, 3.63) is 131 Å². The number of thioether (sulfide) groups is 1. The van der Waals surface area contributed by atoms with E-state index in [1.807, 2.05) is 18.2 Å². The van der Waals surface area contributed by atoms with Gasteiger partial charge >= 0.3 is 6.18 Å². The first-order valence-electron chi connectivity index (χ1n) is 12.4. The summed E-state index contributed by atoms with van der Waals surface area (Å²) in [5.41, 5.74) is 0.538. The van der Waals surface area contributed by atoms with Crippen molar-refractivity contribution in [2.24, 2.45) is 0 Å². The molecule has 214 valence electrons. The summed E-state index contributed by atoms with van der Waals surface area (Å²) in [6.45, 7) is 0. The second kappa shape index (κ2) is 13.9. The standard InChI is InChI=1S/C31H23ClF3N3O3S/c32-25-16-11-22(31(33,34)35)18-26(25)37-28(39)19-42-24-14-12-23(13-15-24)36-30(41)27(17-20-7-3-1-4-8-20)38-29(40)21-9-5-2-6-10-21/h1-18H,19H2,(H,36,41)(H,37,39)(H,38,40)/b27-17-. The molecule has 0 heterocycles. The van der Waals surface area contributed by atoms with E-state index < -0.39 is 29.5 Å². The van der Waals surface area contributed by atoms with Crippen LogP contribution in [-0.2, 0) is 15.8 Å². The Bertz CT molecular complexity index is 1600. The molecule has 0 aliphatic rings. The summed E-state index contributed by atoms with van der Waals surface area (Å²) < 4.78 is 38.9. The molecule has 0 spiro atoms. The number of nitrogens with one attached hydrogen (secondary N) is 3. The van der Waals surface area contributed by atoms with Crippen LogP contribution in [0.4, 0.5) is 24.5 Å². The van der Waals surface area contributed by atoms with Gasteiger partial charge in [-0.2, -0.15) is 13.2 Å². The van der Waals surface area contributed by atoms with Crippen LogP contribution in [0.1, 0.15) is 21.5 Å². The van der Waals surface area contributed by atoms with Crippen molar-refractivity contribution in [2.45, 2.75) is 11.1 Å². The highest BCUT2D eigenvalue weighted by Gasteiger charge is 2.31. The largest absolute Gasteiger partial charge is 0.416 e. The summed E-state index contributed by atoms with van der Waals surface area (Å²) in [6, 6.07) is 26.9. The Morgan fingerprint density at radius 1 is 0.810 bits per heavy atom. The Kier molecular flexibility index (Phi) is 10.1. The summed E-state index contributed by atoms with van der Waals surface area (Å²) in [5, 5.41) is 7.81. The maximum atomic E-state index is 13.1. The van der Waals surface area contributed by atoms with Crippen LogP contribution in [0.5, 0.6) is 0 Å². The number of alkyl halides is 3. The maximum Gasteiger partial charge on any atom is 0.416 e. The highest BCUT2D eigenvalue weighted by Crippen LogP contribution is 2.34. The molecule has 4 aromatic rings. The van der Waals surface area contributed by atoms with Crippen molar-refractivity contribution >= 4 is 58.5 Å². The van der Waals surface area contributed by atoms with E-state index in [1.54, 1.807) is 72.8 Å². The first-order valence-corrected chi connectivity index (χ1v) is 13.8. The van der Waals surface area contributed by atoms with Gasteiger partial charge in [-0.05, 0) is 66.2 Å². The van der Waals surface area contributed by atoms with Crippen LogP contribution in [0, 0.1) is 0 Å². The third-order valence-corrected chi connectivity index (χ3v) is 7.03. The normalized spacial score (nSPS) is 11.5. The SMILES string of the molecule is O=C(CSc1ccc(NC(=O)/C(=C/c2ccccc2)NC(=O)c2ccccc2)cc1)Nc1cc(C(F)(F)F)ccc1Cl. The van der Waals surface area contributed by atoms with E-state index in [0.717, 1.165) is 30.0 Å². The van der Waals surface area contributed by atoms with Crippen LogP contribution >= 0.6 is 23.4 Å². The van der Waals surface area contributed by atoms with Crippen molar-refractivity contribution in [2.75, 3.05) is 16.4 Å². The van der Waals surface area contributed by atoms with E-state index in [4.69, 9.17) is 11.6 Å². The van der Waals surface area contributed by atoms with Gasteiger partial charge in [0, 0.05) is 16.1 Å². The van der Waals surface area contributed by atoms with Crippen molar-refractivity contribution < 1.29 is 27.6 Å². The Labute approximate surface area is 249 Å². The molecule has 42 heavy (non-hydrogen) atoms. The Hall–Kier alpha value is -4.54. The molecule has 0 aliphatic carbocycles. The first kappa shape index (κ1) is 30.4. The van der Waals surface area contributed by atoms with Gasteiger partial charge in [-0.15, -0.1) is 11.8 Å². The van der Waals surface area contributed by atoms with Gasteiger partial charge in [0.1, 0.15) is 5.70 Å². The van der Waals surface area contributed by atoms with Crippen LogP contribution in [0.15, 0.2) is 114 Å². The number of carbonyl (C=O) groups is 3. The Balaban J connectivity index is 1.38. The fraction of sp³-hybridized carbons (Fsp3) is 0.0645. The zero-order valence-corrected chi connectivity index (χ0v) is 23.3. The third-order valence-electron chi connectivity index (χ3n) is 5.69. The second-order valence-corrected chi connectivity index (χ2v) is 10.3. The number of carbonyl (C=O) groups excluding carboxylic acids is 3. The number of halogens is 4. The van der Waals surface area contributed by atoms with E-state index in [2.05, 4.69) is 16.0 Å². The van der Waals surface area contributed by atoms with Crippen molar-refractivity contribution in [3.63, 3.8) is 0 Å². The topological polar surface area (TPSA) is 87.3 Å². The molecule has 6 nitrogen and oxygen atoms in total. The van der Waals surface area contributed by atoms with Crippen LogP contribution in [0.2, 0.25) is 5.02 Å². The third kappa shape index (κ3) is 8.73. The number of rotatable bonds is 9. The molecule has 11 heteroatoms. The minimum Gasteiger partial charge on any atom is -0.324 e. The zero-order valence-electron chi connectivity index (χ0n) is 21.7. The lowest BCUT2D eigenvalue weighted by Gasteiger charge is -2.12. The average molecular weight is 610 g/mol. The summed E-state index contributed by atoms with van der Waals surface area (Å²) in [5.74, 6) is -1.61. The van der Waals surface area contributed by atoms with Crippen LogP contribution in [-0.4, -0.2) is 23.5 Å². The number of amides is 3. The Morgan fingerprint density at radius 3 is 2.10 bits per heavy atom. The predicted molar refractivity (Wildman–Crippen MR) is 159 cm³/mol. The predicted octanol–water partition coefficient (Wildman–Crippen LogP) is 7.50. The lowest BCUT2D eigenvalue weighted by atomic mass is 10.1. The highest BCUT2D eigenvalue weighted by molar-refractivity contribution is 8.00. The number of hydrogen-bond acceptors (Lipinski definition) is 4. The van der Waals surface area contributed by atoms with Gasteiger partial charge in [0.15, 0.2) is 0 Å². The van der Waals surface area contributed by atoms with Gasteiger partial charge in [0.25, 0.3) is 11.8 Å². The molecule has 4 rings (SSSR count). The minimum absolute atomic E-state index is 0.0120. The highest BCUT2D eigenvalue weighted by atomic mass is 35.5. The van der Waals surface area contributed by atoms with Gasteiger partial charge in [0.05, 0.1) is 22.0 Å². The second-order valence-electron chi connectivity index (χ2n) is 8.80. The molecule has 0 fully saturated rings. The number of anilines is 2. The van der Waals surface area contributed by atoms with Gasteiger partial charge in [-0.3, -0.25) is 14.4 Å². The molecule has 0 aliphatic heterocycles. The molecular formula is C31H23ClF3N3O3S. The van der Waals surface area contributed by atoms with Gasteiger partial charge in [0.2, 0.25) is 5.91 Å². The van der Waals surface area contributed by atoms with Crippen molar-refractivity contribution in [1.82, 2.24) is 5.32 Å². The monoisotopic (exact) mass is 609 g/mol. The lowest BCUT2D eigenvalue weighted by molar-refractivity contribution is -0.137. The summed E-state index contributed by atoms with van der Waals surface area (Å²) >= 11 is 7.09. The molecule has 0 saturated carbocycles. The summed E-state index contributed by atoms with van der Waals surface area (Å²) in [7, 11) is 0. The van der Waals surface area contributed by atoms with E-state index >= 15 is 0 Å². The lowest BCUT2D eigenvalue weighted by Crippen LogP contribution is -2.30. The molecule has 3 amide bonds. The summed E-state index contributed by atoms with van der Waals surface area (Å²) in [6.07, 6.45) is -3.00. The quantitative estimate of drug-likeness (QED) is 0.135. The fourth-order valence-electron chi connectivity index (χ4n) is 3.62. The van der Waals surface area contributed by atoms with Crippen LogP contribution in [0.3, 0.4) is 0 Å². The van der Waals surface area contributed by atoms with E-state index in [1.165, 1.54) is 0 Å². The molecule has 0 unspecified atom stereocenters. The van der Waals surface area contributed by atoms with Gasteiger partial charge < -0.3 is 16.0 Å². The first-order chi connectivity index (χ1) is 20.1. The van der Waals surface area contributed by atoms with Crippen molar-refractivity contribution in [3.8, 4) is 0 Å². The molecule has 0 saturated heterocycles. The van der Waals surface area contributed by atoms with Gasteiger partial charge in [-0.1, -0.05) is 60.1 Å². The van der Waals surface area contributed by atoms with Crippen LogP contribution < -0.4 is 16.0 Å².